The number of anilines is 2. The molecule has 36 heavy (non-hydrogen) atoms. The van der Waals surface area contributed by atoms with E-state index in [1.54, 1.807) is 24.3 Å². The number of benzene rings is 1. The van der Waals surface area contributed by atoms with E-state index >= 15 is 0 Å². The Bertz CT molecular complexity index is 714. The molecule has 0 saturated heterocycles. The number of carbonyl (C=O) groups is 4. The summed E-state index contributed by atoms with van der Waals surface area (Å²) in [6.45, 7) is 0. The average molecular weight is 505 g/mol. The van der Waals surface area contributed by atoms with Crippen LogP contribution in [0.1, 0.15) is 103 Å². The van der Waals surface area contributed by atoms with E-state index in [9.17, 15) is 19.2 Å². The van der Waals surface area contributed by atoms with Gasteiger partial charge >= 0.3 is 11.9 Å². The number of hydrogen-bond donors (Lipinski definition) is 2. The highest BCUT2D eigenvalue weighted by Crippen LogP contribution is 2.16. The van der Waals surface area contributed by atoms with Crippen LogP contribution in [-0.4, -0.2) is 38.0 Å². The minimum Gasteiger partial charge on any atom is -0.469 e. The van der Waals surface area contributed by atoms with Crippen LogP contribution < -0.4 is 10.6 Å². The van der Waals surface area contributed by atoms with Crippen molar-refractivity contribution in [2.45, 2.75) is 103 Å². The summed E-state index contributed by atoms with van der Waals surface area (Å²) in [4.78, 5) is 46.4. The Morgan fingerprint density at radius 2 is 0.778 bits per heavy atom. The lowest BCUT2D eigenvalue weighted by atomic mass is 10.1. The highest BCUT2D eigenvalue weighted by Gasteiger charge is 2.06. The molecule has 2 N–H and O–H groups in total. The van der Waals surface area contributed by atoms with Crippen molar-refractivity contribution >= 4 is 35.1 Å². The van der Waals surface area contributed by atoms with Crippen molar-refractivity contribution in [2.24, 2.45) is 0 Å². The van der Waals surface area contributed by atoms with Gasteiger partial charge in [-0.2, -0.15) is 0 Å². The number of hydrogen-bond acceptors (Lipinski definition) is 6. The van der Waals surface area contributed by atoms with Gasteiger partial charge in [-0.05, 0) is 49.9 Å². The Hall–Kier alpha value is -2.90. The topological polar surface area (TPSA) is 111 Å². The van der Waals surface area contributed by atoms with Crippen LogP contribution in [0.2, 0.25) is 0 Å². The second-order valence-corrected chi connectivity index (χ2v) is 9.07. The van der Waals surface area contributed by atoms with Crippen LogP contribution in [0, 0.1) is 0 Å². The quantitative estimate of drug-likeness (QED) is 0.163. The summed E-state index contributed by atoms with van der Waals surface area (Å²) in [5.41, 5.74) is 1.43. The number of methoxy groups -OCH3 is 2. The first-order chi connectivity index (χ1) is 17.4. The van der Waals surface area contributed by atoms with E-state index in [0.29, 0.717) is 37.1 Å². The van der Waals surface area contributed by atoms with Gasteiger partial charge in [-0.25, -0.2) is 0 Å². The predicted octanol–water partition coefficient (Wildman–Crippen LogP) is 6.15. The molecule has 8 nitrogen and oxygen atoms in total. The second-order valence-electron chi connectivity index (χ2n) is 9.07. The van der Waals surface area contributed by atoms with Gasteiger partial charge in [0.15, 0.2) is 0 Å². The standard InChI is InChI=1S/C28H44N2O6/c1-35-27(33)17-13-9-5-3-7-11-15-25(31)29-23-19-21-24(22-20-23)30-26(32)16-12-8-4-6-10-14-18-28(34)36-2/h19-22H,3-18H2,1-2H3,(H,29,31)(H,30,32). The molecule has 202 valence electrons. The third-order valence-corrected chi connectivity index (χ3v) is 5.98. The summed E-state index contributed by atoms with van der Waals surface area (Å²) in [6, 6.07) is 7.18. The van der Waals surface area contributed by atoms with Crippen molar-refractivity contribution in [3.63, 3.8) is 0 Å². The van der Waals surface area contributed by atoms with Crippen molar-refractivity contribution < 1.29 is 28.7 Å². The van der Waals surface area contributed by atoms with Crippen LogP contribution >= 0.6 is 0 Å². The average Bonchev–Trinajstić information content (AvgIpc) is 2.87. The highest BCUT2D eigenvalue weighted by atomic mass is 16.5. The maximum Gasteiger partial charge on any atom is 0.305 e. The summed E-state index contributed by atoms with van der Waals surface area (Å²) in [5, 5.41) is 5.79. The van der Waals surface area contributed by atoms with Gasteiger partial charge in [0.05, 0.1) is 14.2 Å². The molecule has 0 bridgehead atoms. The molecular weight excluding hydrogens is 460 g/mol. The number of carbonyl (C=O) groups excluding carboxylic acids is 4. The van der Waals surface area contributed by atoms with Crippen LogP contribution in [0.5, 0.6) is 0 Å². The first-order valence-electron chi connectivity index (χ1n) is 13.3. The smallest absolute Gasteiger partial charge is 0.305 e. The van der Waals surface area contributed by atoms with Crippen molar-refractivity contribution in [3.05, 3.63) is 24.3 Å². The number of nitrogens with one attached hydrogen (secondary N) is 2. The minimum atomic E-state index is -0.157. The first kappa shape index (κ1) is 31.1. The first-order valence-corrected chi connectivity index (χ1v) is 13.3. The lowest BCUT2D eigenvalue weighted by Gasteiger charge is -2.08. The van der Waals surface area contributed by atoms with Crippen LogP contribution in [-0.2, 0) is 28.7 Å². The molecule has 0 radical (unpaired) electrons. The molecule has 1 aromatic rings. The molecule has 0 heterocycles. The summed E-state index contributed by atoms with van der Waals surface area (Å²) in [6.07, 6.45) is 13.5. The number of ether oxygens (including phenoxy) is 2. The molecule has 0 aliphatic heterocycles. The molecule has 8 heteroatoms. The largest absolute Gasteiger partial charge is 0.469 e. The summed E-state index contributed by atoms with van der Waals surface area (Å²) in [5.74, 6) is -0.337. The van der Waals surface area contributed by atoms with Gasteiger partial charge in [0.25, 0.3) is 0 Å². The molecule has 0 spiro atoms. The van der Waals surface area contributed by atoms with Gasteiger partial charge in [-0.3, -0.25) is 19.2 Å². The molecule has 0 saturated carbocycles. The fraction of sp³-hybridized carbons (Fsp3) is 0.643. The van der Waals surface area contributed by atoms with Crippen molar-refractivity contribution in [2.75, 3.05) is 24.9 Å². The monoisotopic (exact) mass is 504 g/mol. The van der Waals surface area contributed by atoms with Crippen molar-refractivity contribution in [1.29, 1.82) is 0 Å². The molecule has 0 atom stereocenters. The Morgan fingerprint density at radius 3 is 1.08 bits per heavy atom. The fourth-order valence-corrected chi connectivity index (χ4v) is 3.81. The van der Waals surface area contributed by atoms with E-state index in [0.717, 1.165) is 77.0 Å². The van der Waals surface area contributed by atoms with Crippen LogP contribution in [0.4, 0.5) is 11.4 Å². The molecule has 1 rings (SSSR count). The van der Waals surface area contributed by atoms with Gasteiger partial charge in [-0.15, -0.1) is 0 Å². The zero-order chi connectivity index (χ0) is 26.4. The SMILES string of the molecule is COC(=O)CCCCCCCCC(=O)Nc1ccc(NC(=O)CCCCCCCCC(=O)OC)cc1. The third kappa shape index (κ3) is 16.7. The molecular formula is C28H44N2O6. The third-order valence-electron chi connectivity index (χ3n) is 5.98. The molecule has 2 amide bonds. The van der Waals surface area contributed by atoms with Gasteiger partial charge in [0.1, 0.15) is 0 Å². The number of amides is 2. The normalized spacial score (nSPS) is 10.5. The maximum atomic E-state index is 12.1. The molecule has 0 unspecified atom stereocenters. The zero-order valence-electron chi connectivity index (χ0n) is 22.1. The summed E-state index contributed by atoms with van der Waals surface area (Å²) >= 11 is 0. The summed E-state index contributed by atoms with van der Waals surface area (Å²) in [7, 11) is 2.82. The van der Waals surface area contributed by atoms with Crippen LogP contribution in [0.25, 0.3) is 0 Å². The van der Waals surface area contributed by atoms with E-state index in [1.165, 1.54) is 14.2 Å². The van der Waals surface area contributed by atoms with Gasteiger partial charge in [-0.1, -0.05) is 51.4 Å². The number of rotatable bonds is 20. The molecule has 0 aliphatic carbocycles. The fourth-order valence-electron chi connectivity index (χ4n) is 3.81. The minimum absolute atomic E-state index is 0.0113. The molecule has 1 aromatic carbocycles. The Balaban J connectivity index is 2.08. The lowest BCUT2D eigenvalue weighted by molar-refractivity contribution is -0.141. The van der Waals surface area contributed by atoms with E-state index in [2.05, 4.69) is 20.1 Å². The molecule has 0 aromatic heterocycles. The number of esters is 2. The van der Waals surface area contributed by atoms with E-state index in [4.69, 9.17) is 0 Å². The maximum absolute atomic E-state index is 12.1. The Labute approximate surface area is 215 Å². The predicted molar refractivity (Wildman–Crippen MR) is 142 cm³/mol. The highest BCUT2D eigenvalue weighted by molar-refractivity contribution is 5.92. The zero-order valence-corrected chi connectivity index (χ0v) is 22.1. The van der Waals surface area contributed by atoms with E-state index in [1.807, 2.05) is 0 Å². The lowest BCUT2D eigenvalue weighted by Crippen LogP contribution is -2.12. The Morgan fingerprint density at radius 1 is 0.500 bits per heavy atom. The molecule has 0 fully saturated rings. The number of unbranched alkanes of at least 4 members (excludes halogenated alkanes) is 10. The van der Waals surface area contributed by atoms with Crippen LogP contribution in [0.3, 0.4) is 0 Å². The van der Waals surface area contributed by atoms with Gasteiger partial charge in [0, 0.05) is 37.1 Å². The van der Waals surface area contributed by atoms with Gasteiger partial charge in [0.2, 0.25) is 11.8 Å². The molecule has 0 aliphatic rings. The second kappa shape index (κ2) is 20.3. The summed E-state index contributed by atoms with van der Waals surface area (Å²) < 4.78 is 9.24. The van der Waals surface area contributed by atoms with Crippen molar-refractivity contribution in [3.8, 4) is 0 Å². The van der Waals surface area contributed by atoms with E-state index < -0.39 is 0 Å². The van der Waals surface area contributed by atoms with Crippen LogP contribution in [0.15, 0.2) is 24.3 Å². The van der Waals surface area contributed by atoms with Gasteiger partial charge < -0.3 is 20.1 Å². The Kier molecular flexibility index (Phi) is 17.6. The van der Waals surface area contributed by atoms with Crippen molar-refractivity contribution in [1.82, 2.24) is 0 Å². The van der Waals surface area contributed by atoms with E-state index in [-0.39, 0.29) is 23.8 Å².